The van der Waals surface area contributed by atoms with Gasteiger partial charge in [-0.2, -0.15) is 0 Å². The third-order valence-electron chi connectivity index (χ3n) is 5.53. The van der Waals surface area contributed by atoms with Gasteiger partial charge in [0.25, 0.3) is 0 Å². The monoisotopic (exact) mass is 464 g/mol. The van der Waals surface area contributed by atoms with Crippen LogP contribution in [0.15, 0.2) is 91.0 Å². The Hall–Kier alpha value is -1.48. The van der Waals surface area contributed by atoms with Crippen molar-refractivity contribution in [2.75, 3.05) is 18.5 Å². The van der Waals surface area contributed by atoms with Crippen molar-refractivity contribution in [3.63, 3.8) is 0 Å². The lowest BCUT2D eigenvalue weighted by Gasteiger charge is -2.18. The lowest BCUT2D eigenvalue weighted by atomic mass is 10.4. The topological polar surface area (TPSA) is 0 Å². The molecule has 0 atom stereocenters. The SMILES string of the molecule is CCCCP(CCCC)CCCC.c1ccc(P(c2ccccc2)c2ccccc2)cc1. The molecule has 2 heteroatoms. The number of benzene rings is 3. The molecule has 0 aliphatic carbocycles. The van der Waals surface area contributed by atoms with E-state index in [-0.39, 0.29) is 0 Å². The summed E-state index contributed by atoms with van der Waals surface area (Å²) in [5, 5.41) is 4.19. The van der Waals surface area contributed by atoms with Crippen LogP contribution < -0.4 is 15.9 Å². The summed E-state index contributed by atoms with van der Waals surface area (Å²) in [5.41, 5.74) is 0. The molecule has 0 spiro atoms. The van der Waals surface area contributed by atoms with Crippen molar-refractivity contribution in [1.82, 2.24) is 0 Å². The van der Waals surface area contributed by atoms with Gasteiger partial charge in [-0.15, -0.1) is 7.92 Å². The van der Waals surface area contributed by atoms with Gasteiger partial charge in [-0.05, 0) is 61.6 Å². The molecule has 0 heterocycles. The molecule has 0 bridgehead atoms. The Labute approximate surface area is 200 Å². The molecule has 0 radical (unpaired) electrons. The number of hydrogen-bond donors (Lipinski definition) is 0. The van der Waals surface area contributed by atoms with Crippen molar-refractivity contribution in [1.29, 1.82) is 0 Å². The Balaban J connectivity index is 0.000000247. The van der Waals surface area contributed by atoms with Crippen LogP contribution in [0, 0.1) is 0 Å². The summed E-state index contributed by atoms with van der Waals surface area (Å²) in [7, 11) is -0.0243. The van der Waals surface area contributed by atoms with Gasteiger partial charge in [-0.25, -0.2) is 0 Å². The highest BCUT2D eigenvalue weighted by atomic mass is 31.1. The molecule has 0 amide bonds. The lowest BCUT2D eigenvalue weighted by molar-refractivity contribution is 0.847. The summed E-state index contributed by atoms with van der Waals surface area (Å²) in [4.78, 5) is 0. The van der Waals surface area contributed by atoms with Crippen LogP contribution in [0.4, 0.5) is 0 Å². The van der Waals surface area contributed by atoms with E-state index in [1.54, 1.807) is 18.5 Å². The second kappa shape index (κ2) is 17.1. The summed E-state index contributed by atoms with van der Waals surface area (Å²) < 4.78 is 0. The van der Waals surface area contributed by atoms with Crippen molar-refractivity contribution < 1.29 is 0 Å². The normalized spacial score (nSPS) is 10.8. The fourth-order valence-electron chi connectivity index (χ4n) is 3.66. The third kappa shape index (κ3) is 9.98. The predicted octanol–water partition coefficient (Wildman–Crippen LogP) is 8.31. The van der Waals surface area contributed by atoms with E-state index < -0.39 is 7.92 Å². The second-order valence-electron chi connectivity index (χ2n) is 8.24. The molecule has 0 fully saturated rings. The highest BCUT2D eigenvalue weighted by molar-refractivity contribution is 7.79. The van der Waals surface area contributed by atoms with E-state index in [1.165, 1.54) is 54.4 Å². The average molecular weight is 465 g/mol. The van der Waals surface area contributed by atoms with E-state index in [0.717, 1.165) is 0 Å². The van der Waals surface area contributed by atoms with E-state index in [9.17, 15) is 0 Å². The van der Waals surface area contributed by atoms with Gasteiger partial charge in [0.05, 0.1) is 0 Å². The molecule has 32 heavy (non-hydrogen) atoms. The van der Waals surface area contributed by atoms with Gasteiger partial charge >= 0.3 is 0 Å². The van der Waals surface area contributed by atoms with Crippen LogP contribution in [0.2, 0.25) is 0 Å². The average Bonchev–Trinajstić information content (AvgIpc) is 2.86. The zero-order valence-corrected chi connectivity index (χ0v) is 22.2. The predicted molar refractivity (Wildman–Crippen MR) is 151 cm³/mol. The first kappa shape index (κ1) is 26.8. The van der Waals surface area contributed by atoms with Crippen LogP contribution in [0.25, 0.3) is 0 Å². The van der Waals surface area contributed by atoms with Gasteiger partial charge < -0.3 is 0 Å². The molecular weight excluding hydrogens is 422 g/mol. The van der Waals surface area contributed by atoms with Gasteiger partial charge in [0.2, 0.25) is 0 Å². The van der Waals surface area contributed by atoms with E-state index in [2.05, 4.69) is 112 Å². The number of rotatable bonds is 12. The van der Waals surface area contributed by atoms with Gasteiger partial charge in [-0.1, -0.05) is 131 Å². The first-order valence-corrected chi connectivity index (χ1v) is 15.7. The molecule has 0 aromatic heterocycles. The molecule has 3 rings (SSSR count). The Morgan fingerprint density at radius 3 is 0.969 bits per heavy atom. The molecule has 0 N–H and O–H groups in total. The maximum absolute atomic E-state index is 2.31. The van der Waals surface area contributed by atoms with Crippen molar-refractivity contribution in [3.05, 3.63) is 91.0 Å². The Morgan fingerprint density at radius 1 is 0.438 bits per heavy atom. The maximum Gasteiger partial charge on any atom is -0.0134 e. The van der Waals surface area contributed by atoms with Crippen molar-refractivity contribution in [2.45, 2.75) is 59.3 Å². The van der Waals surface area contributed by atoms with Gasteiger partial charge in [0, 0.05) is 0 Å². The molecule has 172 valence electrons. The summed E-state index contributed by atoms with van der Waals surface area (Å²) >= 11 is 0. The van der Waals surface area contributed by atoms with Crippen LogP contribution in [0.3, 0.4) is 0 Å². The van der Waals surface area contributed by atoms with E-state index in [0.29, 0.717) is 7.92 Å². The van der Waals surface area contributed by atoms with Crippen LogP contribution in [0.1, 0.15) is 59.3 Å². The molecule has 0 unspecified atom stereocenters. The molecule has 0 aliphatic heterocycles. The number of hydrogen-bond acceptors (Lipinski definition) is 0. The minimum Gasteiger partial charge on any atom is -0.107 e. The first-order valence-electron chi connectivity index (χ1n) is 12.5. The van der Waals surface area contributed by atoms with E-state index >= 15 is 0 Å². The fourth-order valence-corrected chi connectivity index (χ4v) is 8.93. The van der Waals surface area contributed by atoms with E-state index in [1.807, 2.05) is 0 Å². The Kier molecular flexibility index (Phi) is 14.3. The number of unbranched alkanes of at least 4 members (excludes halogenated alkanes) is 3. The summed E-state index contributed by atoms with van der Waals surface area (Å²) in [5.74, 6) is 0. The first-order chi connectivity index (χ1) is 15.8. The highest BCUT2D eigenvalue weighted by Crippen LogP contribution is 2.38. The minimum absolute atomic E-state index is 0.422. The molecule has 0 saturated heterocycles. The standard InChI is InChI=1S/C18H15P.C12H27P/c1-4-10-16(11-5-1)19(17-12-6-2-7-13-17)18-14-8-3-9-15-18;1-4-7-10-13(11-8-5-2)12-9-6-3/h1-15H;4-12H2,1-3H3. The largest absolute Gasteiger partial charge is 0.107 e. The van der Waals surface area contributed by atoms with E-state index in [4.69, 9.17) is 0 Å². The minimum atomic E-state index is -0.446. The van der Waals surface area contributed by atoms with Gasteiger partial charge in [0.1, 0.15) is 0 Å². The fraction of sp³-hybridized carbons (Fsp3) is 0.400. The molecular formula is C30H42P2. The highest BCUT2D eigenvalue weighted by Gasteiger charge is 2.15. The zero-order valence-electron chi connectivity index (χ0n) is 20.4. The van der Waals surface area contributed by atoms with Crippen LogP contribution in [0.5, 0.6) is 0 Å². The molecule has 0 nitrogen and oxygen atoms in total. The molecule has 3 aromatic carbocycles. The van der Waals surface area contributed by atoms with Crippen molar-refractivity contribution in [3.8, 4) is 0 Å². The molecule has 0 aliphatic rings. The maximum atomic E-state index is 2.31. The summed E-state index contributed by atoms with van der Waals surface area (Å²) in [6, 6.07) is 32.3. The second-order valence-corrected chi connectivity index (χ2v) is 13.1. The smallest absolute Gasteiger partial charge is 0.0134 e. The van der Waals surface area contributed by atoms with Crippen molar-refractivity contribution in [2.24, 2.45) is 0 Å². The van der Waals surface area contributed by atoms with Crippen LogP contribution >= 0.6 is 15.8 Å². The van der Waals surface area contributed by atoms with Gasteiger partial charge in [-0.3, -0.25) is 0 Å². The van der Waals surface area contributed by atoms with Crippen molar-refractivity contribution >= 4 is 31.8 Å². The summed E-state index contributed by atoms with van der Waals surface area (Å²) in [6.45, 7) is 6.94. The quantitative estimate of drug-likeness (QED) is 0.236. The van der Waals surface area contributed by atoms with Gasteiger partial charge in [0.15, 0.2) is 0 Å². The third-order valence-corrected chi connectivity index (χ3v) is 10.8. The summed E-state index contributed by atoms with van der Waals surface area (Å²) in [6.07, 6.45) is 13.2. The van der Waals surface area contributed by atoms with Crippen LogP contribution in [-0.2, 0) is 0 Å². The zero-order chi connectivity index (χ0) is 22.9. The lowest BCUT2D eigenvalue weighted by Crippen LogP contribution is -2.20. The molecule has 3 aromatic rings. The Bertz CT molecular complexity index is 689. The molecule has 0 saturated carbocycles. The Morgan fingerprint density at radius 2 is 0.719 bits per heavy atom. The van der Waals surface area contributed by atoms with Crippen LogP contribution in [-0.4, -0.2) is 18.5 Å².